The largest absolute Gasteiger partial charge is 0.396 e. The number of primary sulfonamides is 1. The molecule has 0 bridgehead atoms. The van der Waals surface area contributed by atoms with E-state index in [1.54, 1.807) is 24.3 Å². The van der Waals surface area contributed by atoms with Crippen LogP contribution in [-0.4, -0.2) is 27.6 Å². The topological polar surface area (TPSA) is 145 Å². The average molecular weight is 404 g/mol. The van der Waals surface area contributed by atoms with Gasteiger partial charge >= 0.3 is 0 Å². The number of benzene rings is 2. The summed E-state index contributed by atoms with van der Waals surface area (Å²) in [6, 6.07) is 9.12. The van der Waals surface area contributed by atoms with Crippen molar-refractivity contribution in [1.29, 1.82) is 0 Å². The highest BCUT2D eigenvalue weighted by Crippen LogP contribution is 2.39. The van der Waals surface area contributed by atoms with Gasteiger partial charge in [0.1, 0.15) is 0 Å². The first-order valence-electron chi connectivity index (χ1n) is 7.99. The van der Waals surface area contributed by atoms with Gasteiger partial charge in [-0.2, -0.15) is 0 Å². The van der Waals surface area contributed by atoms with E-state index < -0.39 is 19.9 Å². The van der Waals surface area contributed by atoms with Gasteiger partial charge in [-0.15, -0.1) is 0 Å². The number of nitrogens with zero attached hydrogens (tertiary/aromatic N) is 1. The number of pyridine rings is 1. The predicted octanol–water partition coefficient (Wildman–Crippen LogP) is 1.54. The standard InChI is InChI=1S/C17H16N4O4S2/c18-13-9-20-14-5-6-15-12(7-8-26(15,22)23)16(14)17(13)21-10-1-3-11(4-2-10)27(19,24)25/h1-6,9H,7-8,18H2,(H,20,21)(H2,19,24,25). The third-order valence-corrected chi connectivity index (χ3v) is 7.26. The maximum atomic E-state index is 12.2. The molecule has 2 aromatic carbocycles. The van der Waals surface area contributed by atoms with E-state index >= 15 is 0 Å². The van der Waals surface area contributed by atoms with Crippen LogP contribution in [0, 0.1) is 0 Å². The third-order valence-electron chi connectivity index (χ3n) is 4.54. The number of nitrogens with two attached hydrogens (primary N) is 2. The molecule has 4 rings (SSSR count). The highest BCUT2D eigenvalue weighted by Gasteiger charge is 2.29. The first-order valence-corrected chi connectivity index (χ1v) is 11.2. The number of hydrogen-bond acceptors (Lipinski definition) is 7. The summed E-state index contributed by atoms with van der Waals surface area (Å²) in [5.74, 6) is 0.0543. The predicted molar refractivity (Wildman–Crippen MR) is 103 cm³/mol. The molecule has 0 amide bonds. The molecule has 140 valence electrons. The Morgan fingerprint density at radius 1 is 1.07 bits per heavy atom. The molecule has 0 radical (unpaired) electrons. The fourth-order valence-electron chi connectivity index (χ4n) is 3.24. The van der Waals surface area contributed by atoms with Crippen molar-refractivity contribution in [3.05, 3.63) is 48.2 Å². The lowest BCUT2D eigenvalue weighted by Crippen LogP contribution is -2.11. The van der Waals surface area contributed by atoms with E-state index in [1.165, 1.54) is 18.3 Å². The Hall–Kier alpha value is -2.69. The molecule has 0 spiro atoms. The van der Waals surface area contributed by atoms with Crippen LogP contribution in [0.2, 0.25) is 0 Å². The van der Waals surface area contributed by atoms with Gasteiger partial charge in [-0.1, -0.05) is 0 Å². The minimum absolute atomic E-state index is 0.00686. The van der Waals surface area contributed by atoms with Crippen LogP contribution >= 0.6 is 0 Å². The zero-order valence-electron chi connectivity index (χ0n) is 14.0. The van der Waals surface area contributed by atoms with Crippen LogP contribution in [0.3, 0.4) is 0 Å². The second kappa shape index (κ2) is 5.91. The summed E-state index contributed by atoms with van der Waals surface area (Å²) in [5, 5.41) is 8.92. The van der Waals surface area contributed by atoms with Crippen LogP contribution in [0.4, 0.5) is 17.1 Å². The van der Waals surface area contributed by atoms with Crippen LogP contribution in [0.25, 0.3) is 10.9 Å². The minimum atomic E-state index is -3.79. The van der Waals surface area contributed by atoms with Crippen molar-refractivity contribution in [3.63, 3.8) is 0 Å². The van der Waals surface area contributed by atoms with E-state index in [0.717, 1.165) is 0 Å². The number of nitrogen functional groups attached to an aromatic ring is 1. The van der Waals surface area contributed by atoms with E-state index in [9.17, 15) is 16.8 Å². The zero-order valence-corrected chi connectivity index (χ0v) is 15.6. The van der Waals surface area contributed by atoms with Gasteiger partial charge in [-0.05, 0) is 48.4 Å². The number of nitrogens with one attached hydrogen (secondary N) is 1. The molecule has 8 nitrogen and oxygen atoms in total. The van der Waals surface area contributed by atoms with Crippen molar-refractivity contribution in [2.45, 2.75) is 16.2 Å². The summed E-state index contributed by atoms with van der Waals surface area (Å²) in [5.41, 5.74) is 8.90. The molecule has 0 aliphatic carbocycles. The molecule has 0 saturated carbocycles. The number of anilines is 3. The Bertz CT molecular complexity index is 1280. The van der Waals surface area contributed by atoms with Gasteiger partial charge in [-0.3, -0.25) is 4.98 Å². The van der Waals surface area contributed by atoms with Crippen molar-refractivity contribution in [3.8, 4) is 0 Å². The fourth-order valence-corrected chi connectivity index (χ4v) is 5.31. The third kappa shape index (κ3) is 3.01. The van der Waals surface area contributed by atoms with Crippen molar-refractivity contribution in [2.24, 2.45) is 5.14 Å². The molecule has 2 heterocycles. The summed E-state index contributed by atoms with van der Waals surface area (Å²) < 4.78 is 47.3. The summed E-state index contributed by atoms with van der Waals surface area (Å²) in [6.07, 6.45) is 1.89. The molecule has 3 aromatic rings. The number of fused-ring (bicyclic) bond motifs is 3. The second-order valence-corrected chi connectivity index (χ2v) is 9.93. The smallest absolute Gasteiger partial charge is 0.238 e. The molecule has 0 fully saturated rings. The maximum Gasteiger partial charge on any atom is 0.238 e. The first-order chi connectivity index (χ1) is 12.7. The quantitative estimate of drug-likeness (QED) is 0.600. The molecule has 0 saturated heterocycles. The number of aromatic nitrogens is 1. The molecule has 27 heavy (non-hydrogen) atoms. The highest BCUT2D eigenvalue weighted by molar-refractivity contribution is 7.91. The zero-order chi connectivity index (χ0) is 19.4. The van der Waals surface area contributed by atoms with Crippen LogP contribution in [0.15, 0.2) is 52.4 Å². The fraction of sp³-hybridized carbons (Fsp3) is 0.118. The Morgan fingerprint density at radius 2 is 1.78 bits per heavy atom. The number of rotatable bonds is 3. The molecule has 1 aromatic heterocycles. The normalized spacial score (nSPS) is 15.6. The van der Waals surface area contributed by atoms with Gasteiger partial charge in [0.25, 0.3) is 0 Å². The van der Waals surface area contributed by atoms with Crippen LogP contribution < -0.4 is 16.2 Å². The van der Waals surface area contributed by atoms with Gasteiger partial charge in [0, 0.05) is 11.1 Å². The Kier molecular flexibility index (Phi) is 3.88. The molecular formula is C17H16N4O4S2. The lowest BCUT2D eigenvalue weighted by molar-refractivity contribution is 0.597. The van der Waals surface area contributed by atoms with Crippen molar-refractivity contribution in [1.82, 2.24) is 4.98 Å². The van der Waals surface area contributed by atoms with Crippen molar-refractivity contribution >= 4 is 47.8 Å². The van der Waals surface area contributed by atoms with Crippen LogP contribution in [0.5, 0.6) is 0 Å². The molecule has 0 unspecified atom stereocenters. The van der Waals surface area contributed by atoms with Gasteiger partial charge in [0.2, 0.25) is 10.0 Å². The lowest BCUT2D eigenvalue weighted by Gasteiger charge is -2.15. The van der Waals surface area contributed by atoms with Gasteiger partial charge in [0.15, 0.2) is 9.84 Å². The molecular weight excluding hydrogens is 388 g/mol. The Labute approximate surface area is 156 Å². The number of sulfonamides is 1. The van der Waals surface area contributed by atoms with Crippen molar-refractivity contribution < 1.29 is 16.8 Å². The highest BCUT2D eigenvalue weighted by atomic mass is 32.2. The van der Waals surface area contributed by atoms with Crippen LogP contribution in [-0.2, 0) is 26.3 Å². The molecule has 10 heteroatoms. The van der Waals surface area contributed by atoms with E-state index in [1.807, 2.05) is 0 Å². The monoisotopic (exact) mass is 404 g/mol. The molecule has 1 aliphatic rings. The van der Waals surface area contributed by atoms with Gasteiger partial charge < -0.3 is 11.1 Å². The lowest BCUT2D eigenvalue weighted by atomic mass is 10.0. The number of sulfone groups is 1. The first kappa shape index (κ1) is 17.7. The van der Waals surface area contributed by atoms with Crippen LogP contribution in [0.1, 0.15) is 5.56 Å². The van der Waals surface area contributed by atoms with Crippen molar-refractivity contribution in [2.75, 3.05) is 16.8 Å². The Morgan fingerprint density at radius 3 is 2.44 bits per heavy atom. The summed E-state index contributed by atoms with van der Waals surface area (Å²) >= 11 is 0. The Balaban J connectivity index is 1.87. The number of hydrogen-bond donors (Lipinski definition) is 3. The summed E-state index contributed by atoms with van der Waals surface area (Å²) in [6.45, 7) is 0. The SMILES string of the molecule is Nc1cnc2ccc3c(c2c1Nc1ccc(S(N)(=O)=O)cc1)CCS3(=O)=O. The second-order valence-electron chi connectivity index (χ2n) is 6.29. The molecule has 0 atom stereocenters. The van der Waals surface area contributed by atoms with Gasteiger partial charge in [0.05, 0.1) is 38.6 Å². The molecule has 5 N–H and O–H groups in total. The summed E-state index contributed by atoms with van der Waals surface area (Å²) in [4.78, 5) is 4.59. The van der Waals surface area contributed by atoms with E-state index in [-0.39, 0.29) is 10.6 Å². The van der Waals surface area contributed by atoms with E-state index in [4.69, 9.17) is 10.9 Å². The molecule has 1 aliphatic heterocycles. The summed E-state index contributed by atoms with van der Waals surface area (Å²) in [7, 11) is -7.08. The van der Waals surface area contributed by atoms with Gasteiger partial charge in [-0.25, -0.2) is 22.0 Å². The van der Waals surface area contributed by atoms with E-state index in [0.29, 0.717) is 44.8 Å². The van der Waals surface area contributed by atoms with E-state index in [2.05, 4.69) is 10.3 Å². The minimum Gasteiger partial charge on any atom is -0.396 e. The number of aryl methyl sites for hydroxylation is 1. The maximum absolute atomic E-state index is 12.2. The average Bonchev–Trinajstić information content (AvgIpc) is 2.92.